The number of nitrogens with zero attached hydrogens (tertiary/aromatic N) is 1. The zero-order valence-corrected chi connectivity index (χ0v) is 15.0. The Hall–Kier alpha value is -2.35. The first kappa shape index (κ1) is 17.1. The predicted molar refractivity (Wildman–Crippen MR) is 95.9 cm³/mol. The van der Waals surface area contributed by atoms with Crippen LogP contribution in [0.1, 0.15) is 44.6 Å². The van der Waals surface area contributed by atoms with Crippen LogP contribution in [0.15, 0.2) is 24.3 Å². The van der Waals surface area contributed by atoms with E-state index in [1.54, 1.807) is 31.2 Å². The van der Waals surface area contributed by atoms with Crippen LogP contribution in [0, 0.1) is 40.9 Å². The van der Waals surface area contributed by atoms with E-state index in [1.807, 2.05) is 6.07 Å². The summed E-state index contributed by atoms with van der Waals surface area (Å²) in [6.45, 7) is 1.62. The van der Waals surface area contributed by atoms with Crippen LogP contribution >= 0.6 is 0 Å². The molecule has 4 bridgehead atoms. The Bertz CT molecular complexity index is 722. The molecule has 4 fully saturated rings. The number of hydrogen-bond acceptors (Lipinski definition) is 4. The number of hydrogen-bond donors (Lipinski definition) is 1. The molecule has 4 saturated carbocycles. The van der Waals surface area contributed by atoms with Gasteiger partial charge in [-0.3, -0.25) is 9.59 Å². The molecule has 0 heterocycles. The summed E-state index contributed by atoms with van der Waals surface area (Å²) in [6.07, 6.45) is 5.13. The van der Waals surface area contributed by atoms with Crippen LogP contribution in [0.5, 0.6) is 0 Å². The molecule has 1 N–H and O–H groups in total. The topological polar surface area (TPSA) is 79.2 Å². The van der Waals surface area contributed by atoms with Crippen LogP contribution in [0.25, 0.3) is 0 Å². The lowest BCUT2D eigenvalue weighted by Crippen LogP contribution is -2.49. The summed E-state index contributed by atoms with van der Waals surface area (Å²) < 4.78 is 5.55. The number of anilines is 1. The van der Waals surface area contributed by atoms with Crippen LogP contribution in [0.3, 0.4) is 0 Å². The Labute approximate surface area is 153 Å². The minimum Gasteiger partial charge on any atom is -0.452 e. The van der Waals surface area contributed by atoms with Crippen molar-refractivity contribution in [2.24, 2.45) is 29.6 Å². The summed E-state index contributed by atoms with van der Waals surface area (Å²) in [5.74, 6) is 1.96. The molecule has 1 amide bonds. The van der Waals surface area contributed by atoms with Gasteiger partial charge in [-0.25, -0.2) is 0 Å². The summed E-state index contributed by atoms with van der Waals surface area (Å²) >= 11 is 0. The molecule has 136 valence electrons. The first-order chi connectivity index (χ1) is 12.5. The molecule has 0 aromatic heterocycles. The van der Waals surface area contributed by atoms with E-state index in [1.165, 1.54) is 6.42 Å². The van der Waals surface area contributed by atoms with E-state index in [0.717, 1.165) is 37.5 Å². The van der Waals surface area contributed by atoms with Crippen molar-refractivity contribution in [2.45, 2.75) is 45.1 Å². The number of nitriles is 1. The maximum Gasteiger partial charge on any atom is 0.310 e. The molecule has 1 aromatic carbocycles. The molecule has 1 atom stereocenters. The highest BCUT2D eigenvalue weighted by Crippen LogP contribution is 2.56. The van der Waals surface area contributed by atoms with E-state index >= 15 is 0 Å². The van der Waals surface area contributed by atoms with Crippen molar-refractivity contribution in [1.82, 2.24) is 0 Å². The van der Waals surface area contributed by atoms with Gasteiger partial charge in [0, 0.05) is 5.69 Å². The van der Waals surface area contributed by atoms with Crippen LogP contribution < -0.4 is 5.32 Å². The highest BCUT2D eigenvalue weighted by atomic mass is 16.5. The minimum atomic E-state index is -0.824. The first-order valence-electron chi connectivity index (χ1n) is 9.55. The standard InChI is InChI=1S/C21H24N2O3/c1-12(20(24)23-18-4-2-13(11-22)3-5-18)26-21(25)19-16-7-14-6-15(9-16)10-17(19)8-14/h2-5,12,14-17,19H,6-10H2,1H3,(H,23,24)/t12-,14?,15?,16?,17?,19?/m0/s1. The van der Waals surface area contributed by atoms with Crippen molar-refractivity contribution in [3.05, 3.63) is 29.8 Å². The van der Waals surface area contributed by atoms with Crippen LogP contribution in [0.4, 0.5) is 5.69 Å². The molecule has 0 spiro atoms. The van der Waals surface area contributed by atoms with Crippen LogP contribution in [0.2, 0.25) is 0 Å². The van der Waals surface area contributed by atoms with Crippen molar-refractivity contribution in [2.75, 3.05) is 5.32 Å². The second-order valence-corrected chi connectivity index (χ2v) is 8.21. The Morgan fingerprint density at radius 2 is 1.65 bits per heavy atom. The molecule has 5 nitrogen and oxygen atoms in total. The van der Waals surface area contributed by atoms with Gasteiger partial charge in [-0.05, 0) is 87.0 Å². The Morgan fingerprint density at radius 3 is 2.19 bits per heavy atom. The highest BCUT2D eigenvalue weighted by Gasteiger charge is 2.51. The summed E-state index contributed by atoms with van der Waals surface area (Å²) in [4.78, 5) is 25.1. The number of ether oxygens (including phenoxy) is 1. The van der Waals surface area contributed by atoms with Crippen LogP contribution in [-0.2, 0) is 14.3 Å². The summed E-state index contributed by atoms with van der Waals surface area (Å²) in [6, 6.07) is 8.65. The van der Waals surface area contributed by atoms with E-state index in [0.29, 0.717) is 23.1 Å². The predicted octanol–water partition coefficient (Wildman–Crippen LogP) is 3.50. The molecule has 0 unspecified atom stereocenters. The van der Waals surface area contributed by atoms with E-state index < -0.39 is 6.10 Å². The molecule has 0 saturated heterocycles. The summed E-state index contributed by atoms with van der Waals surface area (Å²) in [5.41, 5.74) is 1.12. The maximum atomic E-state index is 12.7. The van der Waals surface area contributed by atoms with E-state index in [9.17, 15) is 9.59 Å². The highest BCUT2D eigenvalue weighted by molar-refractivity contribution is 5.95. The third-order valence-electron chi connectivity index (χ3n) is 6.44. The number of carbonyl (C=O) groups excluding carboxylic acids is 2. The second-order valence-electron chi connectivity index (χ2n) is 8.21. The fraction of sp³-hybridized carbons (Fsp3) is 0.571. The van der Waals surface area contributed by atoms with Gasteiger partial charge in [0.15, 0.2) is 6.10 Å². The third-order valence-corrected chi connectivity index (χ3v) is 6.44. The number of carbonyl (C=O) groups is 2. The number of benzene rings is 1. The lowest BCUT2D eigenvalue weighted by molar-refractivity contribution is -0.169. The molecule has 1 aromatic rings. The zero-order chi connectivity index (χ0) is 18.3. The average molecular weight is 352 g/mol. The van der Waals surface area contributed by atoms with E-state index in [-0.39, 0.29) is 17.8 Å². The van der Waals surface area contributed by atoms with Gasteiger partial charge in [-0.1, -0.05) is 0 Å². The van der Waals surface area contributed by atoms with Crippen molar-refractivity contribution >= 4 is 17.6 Å². The summed E-state index contributed by atoms with van der Waals surface area (Å²) in [7, 11) is 0. The molecule has 0 radical (unpaired) electrons. The smallest absolute Gasteiger partial charge is 0.310 e. The van der Waals surface area contributed by atoms with Crippen molar-refractivity contribution in [3.63, 3.8) is 0 Å². The summed E-state index contributed by atoms with van der Waals surface area (Å²) in [5, 5.41) is 11.6. The molecule has 0 aliphatic heterocycles. The first-order valence-corrected chi connectivity index (χ1v) is 9.55. The van der Waals surface area contributed by atoms with Gasteiger partial charge < -0.3 is 10.1 Å². The van der Waals surface area contributed by atoms with Gasteiger partial charge >= 0.3 is 5.97 Å². The Balaban J connectivity index is 1.35. The number of esters is 1. The lowest BCUT2D eigenvalue weighted by atomic mass is 9.52. The van der Waals surface area contributed by atoms with Crippen molar-refractivity contribution < 1.29 is 14.3 Å². The lowest BCUT2D eigenvalue weighted by Gasteiger charge is -2.53. The monoisotopic (exact) mass is 352 g/mol. The number of rotatable bonds is 4. The van der Waals surface area contributed by atoms with Gasteiger partial charge in [-0.2, -0.15) is 5.26 Å². The van der Waals surface area contributed by atoms with E-state index in [4.69, 9.17) is 10.00 Å². The molecule has 5 rings (SSSR count). The van der Waals surface area contributed by atoms with Gasteiger partial charge in [0.25, 0.3) is 5.91 Å². The van der Waals surface area contributed by atoms with Gasteiger partial charge in [0.1, 0.15) is 0 Å². The fourth-order valence-corrected chi connectivity index (χ4v) is 5.49. The van der Waals surface area contributed by atoms with Crippen molar-refractivity contribution in [3.8, 4) is 6.07 Å². The van der Waals surface area contributed by atoms with E-state index in [2.05, 4.69) is 5.32 Å². The molecule has 4 aliphatic carbocycles. The van der Waals surface area contributed by atoms with Gasteiger partial charge in [-0.15, -0.1) is 0 Å². The van der Waals surface area contributed by atoms with Gasteiger partial charge in [0.05, 0.1) is 17.6 Å². The van der Waals surface area contributed by atoms with Crippen LogP contribution in [-0.4, -0.2) is 18.0 Å². The molecule has 5 heteroatoms. The largest absolute Gasteiger partial charge is 0.452 e. The molecular weight excluding hydrogens is 328 g/mol. The second kappa shape index (κ2) is 6.75. The quantitative estimate of drug-likeness (QED) is 0.841. The maximum absolute atomic E-state index is 12.7. The Morgan fingerprint density at radius 1 is 1.08 bits per heavy atom. The minimum absolute atomic E-state index is 0.0204. The normalized spacial score (nSPS) is 32.5. The number of amides is 1. The van der Waals surface area contributed by atoms with Crippen molar-refractivity contribution in [1.29, 1.82) is 5.26 Å². The Kier molecular flexibility index (Phi) is 4.44. The van der Waals surface area contributed by atoms with Gasteiger partial charge in [0.2, 0.25) is 0 Å². The zero-order valence-electron chi connectivity index (χ0n) is 15.0. The fourth-order valence-electron chi connectivity index (χ4n) is 5.49. The molecular formula is C21H24N2O3. The third kappa shape index (κ3) is 3.21. The SMILES string of the molecule is C[C@H](OC(=O)C1C2CC3CC(C2)CC1C3)C(=O)Nc1ccc(C#N)cc1. The number of nitrogens with one attached hydrogen (secondary N) is 1. The molecule has 4 aliphatic rings. The average Bonchev–Trinajstić information content (AvgIpc) is 2.61. The molecule has 26 heavy (non-hydrogen) atoms.